The predicted molar refractivity (Wildman–Crippen MR) is 153 cm³/mol. The summed E-state index contributed by atoms with van der Waals surface area (Å²) < 4.78 is 26.4. The van der Waals surface area contributed by atoms with Gasteiger partial charge < -0.3 is 24.6 Å². The Hall–Kier alpha value is -3.01. The zero-order chi connectivity index (χ0) is 29.7. The third-order valence-corrected chi connectivity index (χ3v) is 8.11. The first-order chi connectivity index (χ1) is 19.5. The normalized spacial score (nSPS) is 19.1. The van der Waals surface area contributed by atoms with Crippen LogP contribution in [0.4, 0.5) is 4.39 Å². The minimum Gasteiger partial charge on any atom is -0.481 e. The Labute approximate surface area is 248 Å². The van der Waals surface area contributed by atoms with Gasteiger partial charge in [0, 0.05) is 35.9 Å². The van der Waals surface area contributed by atoms with Crippen molar-refractivity contribution in [1.82, 2.24) is 4.90 Å². The highest BCUT2D eigenvalue weighted by Crippen LogP contribution is 2.45. The van der Waals surface area contributed by atoms with Gasteiger partial charge in [0.25, 0.3) is 5.91 Å². The van der Waals surface area contributed by atoms with Gasteiger partial charge in [0.05, 0.1) is 23.6 Å². The van der Waals surface area contributed by atoms with Crippen LogP contribution in [0.5, 0.6) is 0 Å². The molecule has 2 N–H and O–H groups in total. The van der Waals surface area contributed by atoms with Crippen molar-refractivity contribution >= 4 is 35.1 Å². The van der Waals surface area contributed by atoms with E-state index in [-0.39, 0.29) is 17.0 Å². The molecule has 2 aliphatic rings. The lowest BCUT2D eigenvalue weighted by atomic mass is 9.78. The van der Waals surface area contributed by atoms with Crippen molar-refractivity contribution in [3.8, 4) is 0 Å². The van der Waals surface area contributed by atoms with E-state index < -0.39 is 42.0 Å². The number of benzene rings is 3. The Balaban J connectivity index is 0.000000483. The van der Waals surface area contributed by atoms with Gasteiger partial charge >= 0.3 is 5.97 Å². The van der Waals surface area contributed by atoms with E-state index in [4.69, 9.17) is 32.7 Å². The first kappa shape index (κ1) is 30.9. The number of methoxy groups -OCH3 is 1. The molecule has 0 aromatic heterocycles. The van der Waals surface area contributed by atoms with Crippen molar-refractivity contribution < 1.29 is 33.7 Å². The van der Waals surface area contributed by atoms with Crippen molar-refractivity contribution in [3.63, 3.8) is 0 Å². The molecule has 1 saturated heterocycles. The summed E-state index contributed by atoms with van der Waals surface area (Å²) in [5.74, 6) is -2.53. The van der Waals surface area contributed by atoms with E-state index in [0.717, 1.165) is 5.02 Å². The van der Waals surface area contributed by atoms with E-state index in [2.05, 4.69) is 0 Å². The second kappa shape index (κ2) is 13.3. The Morgan fingerprint density at radius 3 is 2.24 bits per heavy atom. The Morgan fingerprint density at radius 1 is 1.10 bits per heavy atom. The molecule has 218 valence electrons. The van der Waals surface area contributed by atoms with Crippen LogP contribution in [0.3, 0.4) is 0 Å². The van der Waals surface area contributed by atoms with E-state index in [1.807, 2.05) is 30.3 Å². The molecule has 2 aliphatic heterocycles. The first-order valence-corrected chi connectivity index (χ1v) is 14.0. The highest BCUT2D eigenvalue weighted by atomic mass is 35.5. The molecule has 0 saturated carbocycles. The standard InChI is InChI=1S/C25H27ClFNO6.C6H5Cl/c1-25(32,15-7-9-34-10-8-15)16-11-18-22(19(27)12-16)24(33-2)28(23(18)31)20(13-21(29)30)14-3-5-17(26)6-4-14;7-6-4-2-1-3-5-6/h3-6,11-12,15,20,24,32H,7-10,13H2,1-2H3,(H,29,30);1-5H/t20-,24?,25?;/m0./s1. The van der Waals surface area contributed by atoms with E-state index in [9.17, 15) is 19.8 Å². The van der Waals surface area contributed by atoms with Crippen LogP contribution in [0.25, 0.3) is 0 Å². The molecule has 1 amide bonds. The maximum absolute atomic E-state index is 15.5. The van der Waals surface area contributed by atoms with E-state index in [1.165, 1.54) is 24.1 Å². The van der Waals surface area contributed by atoms with Crippen LogP contribution in [-0.2, 0) is 19.9 Å². The smallest absolute Gasteiger partial charge is 0.305 e. The highest BCUT2D eigenvalue weighted by Gasteiger charge is 2.46. The van der Waals surface area contributed by atoms with E-state index >= 15 is 4.39 Å². The highest BCUT2D eigenvalue weighted by molar-refractivity contribution is 6.30. The molecule has 0 aliphatic carbocycles. The number of carbonyl (C=O) groups is 2. The van der Waals surface area contributed by atoms with Crippen molar-refractivity contribution in [2.45, 2.75) is 44.1 Å². The maximum atomic E-state index is 15.5. The number of amides is 1. The summed E-state index contributed by atoms with van der Waals surface area (Å²) in [4.78, 5) is 26.5. The molecule has 1 fully saturated rings. The van der Waals surface area contributed by atoms with Crippen LogP contribution >= 0.6 is 23.2 Å². The van der Waals surface area contributed by atoms with Crippen LogP contribution in [0.2, 0.25) is 10.0 Å². The summed E-state index contributed by atoms with van der Waals surface area (Å²) >= 11 is 11.5. The molecular formula is C31H32Cl2FNO6. The van der Waals surface area contributed by atoms with Crippen molar-refractivity contribution in [3.05, 3.63) is 105 Å². The molecule has 41 heavy (non-hydrogen) atoms. The molecule has 3 aromatic carbocycles. The Morgan fingerprint density at radius 2 is 1.71 bits per heavy atom. The second-order valence-corrected chi connectivity index (χ2v) is 11.1. The van der Waals surface area contributed by atoms with Crippen LogP contribution in [0, 0.1) is 11.7 Å². The number of carboxylic acids is 1. The molecule has 5 rings (SSSR count). The number of aliphatic hydroxyl groups is 1. The third-order valence-electron chi connectivity index (χ3n) is 7.61. The quantitative estimate of drug-likeness (QED) is 0.309. The number of hydrogen-bond acceptors (Lipinski definition) is 5. The number of aliphatic carboxylic acids is 1. The number of fused-ring (bicyclic) bond motifs is 1. The fraction of sp³-hybridized carbons (Fsp3) is 0.355. The number of rotatable bonds is 7. The summed E-state index contributed by atoms with van der Waals surface area (Å²) in [6.45, 7) is 2.63. The topological polar surface area (TPSA) is 96.3 Å². The summed E-state index contributed by atoms with van der Waals surface area (Å²) in [5.41, 5.74) is -0.458. The van der Waals surface area contributed by atoms with Crippen molar-refractivity contribution in [2.24, 2.45) is 5.92 Å². The maximum Gasteiger partial charge on any atom is 0.305 e. The van der Waals surface area contributed by atoms with Crippen LogP contribution in [0.1, 0.15) is 65.5 Å². The first-order valence-electron chi connectivity index (χ1n) is 13.2. The van der Waals surface area contributed by atoms with Gasteiger partial charge in [0.1, 0.15) is 5.82 Å². The summed E-state index contributed by atoms with van der Waals surface area (Å²) in [5, 5.41) is 22.1. The minimum atomic E-state index is -1.37. The molecule has 10 heteroatoms. The molecular weight excluding hydrogens is 572 g/mol. The van der Waals surface area contributed by atoms with Gasteiger partial charge in [-0.3, -0.25) is 9.59 Å². The van der Waals surface area contributed by atoms with E-state index in [1.54, 1.807) is 31.2 Å². The molecule has 3 aromatic rings. The number of hydrogen-bond donors (Lipinski definition) is 2. The van der Waals surface area contributed by atoms with Gasteiger partial charge in [-0.05, 0) is 73.2 Å². The van der Waals surface area contributed by atoms with Gasteiger partial charge in [-0.25, -0.2) is 4.39 Å². The number of ether oxygens (including phenoxy) is 2. The van der Waals surface area contributed by atoms with Gasteiger partial charge in [-0.15, -0.1) is 0 Å². The molecule has 0 bridgehead atoms. The van der Waals surface area contributed by atoms with Crippen LogP contribution < -0.4 is 0 Å². The van der Waals surface area contributed by atoms with Crippen LogP contribution in [0.15, 0.2) is 66.7 Å². The second-order valence-electron chi connectivity index (χ2n) is 10.2. The lowest BCUT2D eigenvalue weighted by Gasteiger charge is -2.36. The third kappa shape index (κ3) is 6.90. The van der Waals surface area contributed by atoms with Gasteiger partial charge in [-0.2, -0.15) is 0 Å². The van der Waals surface area contributed by atoms with Crippen LogP contribution in [-0.4, -0.2) is 47.3 Å². The fourth-order valence-electron chi connectivity index (χ4n) is 5.40. The van der Waals surface area contributed by atoms with Gasteiger partial charge in [0.2, 0.25) is 0 Å². The Kier molecular flexibility index (Phi) is 10.0. The largest absolute Gasteiger partial charge is 0.481 e. The monoisotopic (exact) mass is 603 g/mol. The Bertz CT molecular complexity index is 1360. The SMILES string of the molecule is COC1c2c(F)cc(C(C)(O)C3CCOCC3)cc2C(=O)N1[C@@H](CC(=O)O)c1ccc(Cl)cc1.Clc1ccccc1. The lowest BCUT2D eigenvalue weighted by molar-refractivity contribution is -0.139. The zero-order valence-electron chi connectivity index (χ0n) is 22.7. The molecule has 0 radical (unpaired) electrons. The predicted octanol–water partition coefficient (Wildman–Crippen LogP) is 6.77. The average Bonchev–Trinajstić information content (AvgIpc) is 3.25. The minimum absolute atomic E-state index is 0.0309. The number of carboxylic acid groups (broad SMARTS) is 1. The summed E-state index contributed by atoms with van der Waals surface area (Å²) in [6, 6.07) is 17.7. The van der Waals surface area contributed by atoms with Crippen molar-refractivity contribution in [2.75, 3.05) is 20.3 Å². The zero-order valence-corrected chi connectivity index (χ0v) is 24.2. The molecule has 2 heterocycles. The number of halogens is 3. The van der Waals surface area contributed by atoms with Crippen molar-refractivity contribution in [1.29, 1.82) is 0 Å². The van der Waals surface area contributed by atoms with E-state index in [0.29, 0.717) is 42.2 Å². The van der Waals surface area contributed by atoms with Gasteiger partial charge in [0.15, 0.2) is 6.23 Å². The lowest BCUT2D eigenvalue weighted by Crippen LogP contribution is -2.36. The number of carbonyl (C=O) groups excluding carboxylic acids is 1. The molecule has 7 nitrogen and oxygen atoms in total. The molecule has 2 unspecified atom stereocenters. The summed E-state index contributed by atoms with van der Waals surface area (Å²) in [6.07, 6.45) is -0.298. The molecule has 0 spiro atoms. The average molecular weight is 605 g/mol. The fourth-order valence-corrected chi connectivity index (χ4v) is 5.67. The molecule has 3 atom stereocenters. The number of nitrogens with zero attached hydrogens (tertiary/aromatic N) is 1. The van der Waals surface area contributed by atoms with Gasteiger partial charge in [-0.1, -0.05) is 53.5 Å². The summed E-state index contributed by atoms with van der Waals surface area (Å²) in [7, 11) is 1.34.